The van der Waals surface area contributed by atoms with Gasteiger partial charge >= 0.3 is 5.97 Å². The van der Waals surface area contributed by atoms with E-state index in [0.717, 1.165) is 31.4 Å². The van der Waals surface area contributed by atoms with Gasteiger partial charge < -0.3 is 5.11 Å². The third kappa shape index (κ3) is 3.31. The van der Waals surface area contributed by atoms with Gasteiger partial charge in [0, 0.05) is 23.7 Å². The Bertz CT molecular complexity index is 689. The fourth-order valence-corrected chi connectivity index (χ4v) is 3.68. The molecule has 1 aliphatic rings. The fourth-order valence-electron chi connectivity index (χ4n) is 3.68. The molecule has 0 spiro atoms. The Kier molecular flexibility index (Phi) is 4.51. The smallest absolute Gasteiger partial charge is 0.303 e. The number of nitrogens with zero attached hydrogens (tertiary/aromatic N) is 2. The Morgan fingerprint density at radius 1 is 1.35 bits per heavy atom. The van der Waals surface area contributed by atoms with Crippen LogP contribution in [0.15, 0.2) is 30.3 Å². The van der Waals surface area contributed by atoms with E-state index in [1.54, 1.807) is 0 Å². The van der Waals surface area contributed by atoms with Gasteiger partial charge in [-0.3, -0.25) is 9.48 Å². The molecule has 1 aromatic heterocycles. The Hall–Kier alpha value is -2.10. The summed E-state index contributed by atoms with van der Waals surface area (Å²) >= 11 is 0. The molecule has 0 aliphatic heterocycles. The molecular formula is C19H24N2O2. The summed E-state index contributed by atoms with van der Waals surface area (Å²) in [4.78, 5) is 11.3. The van der Waals surface area contributed by atoms with Crippen molar-refractivity contribution >= 4 is 5.97 Å². The Balaban J connectivity index is 2.03. The summed E-state index contributed by atoms with van der Waals surface area (Å²) in [6, 6.07) is 10.6. The monoisotopic (exact) mass is 312 g/mol. The van der Waals surface area contributed by atoms with Crippen molar-refractivity contribution in [2.45, 2.75) is 57.9 Å². The van der Waals surface area contributed by atoms with Gasteiger partial charge in [0.25, 0.3) is 0 Å². The number of rotatable bonds is 5. The van der Waals surface area contributed by atoms with Crippen molar-refractivity contribution in [2.75, 3.05) is 0 Å². The molecule has 122 valence electrons. The van der Waals surface area contributed by atoms with Crippen LogP contribution in [-0.4, -0.2) is 20.9 Å². The van der Waals surface area contributed by atoms with E-state index >= 15 is 0 Å². The molecule has 0 amide bonds. The highest BCUT2D eigenvalue weighted by Gasteiger charge is 2.30. The van der Waals surface area contributed by atoms with Crippen LogP contribution in [0.25, 0.3) is 0 Å². The van der Waals surface area contributed by atoms with Gasteiger partial charge in [0.1, 0.15) is 0 Å². The molecule has 1 aliphatic carbocycles. The Morgan fingerprint density at radius 3 is 2.74 bits per heavy atom. The van der Waals surface area contributed by atoms with E-state index in [1.807, 2.05) is 18.2 Å². The fraction of sp³-hybridized carbons (Fsp3) is 0.474. The molecule has 0 bridgehead atoms. The molecule has 0 saturated heterocycles. The van der Waals surface area contributed by atoms with Gasteiger partial charge in [0.2, 0.25) is 0 Å². The molecule has 4 nitrogen and oxygen atoms in total. The summed E-state index contributed by atoms with van der Waals surface area (Å²) in [5.41, 5.74) is 4.74. The zero-order chi connectivity index (χ0) is 16.4. The second kappa shape index (κ2) is 6.57. The zero-order valence-corrected chi connectivity index (χ0v) is 13.8. The van der Waals surface area contributed by atoms with E-state index in [1.165, 1.54) is 16.8 Å². The molecular weight excluding hydrogens is 288 g/mol. The highest BCUT2D eigenvalue weighted by atomic mass is 16.4. The Labute approximate surface area is 137 Å². The van der Waals surface area contributed by atoms with Crippen molar-refractivity contribution in [3.8, 4) is 0 Å². The number of benzene rings is 1. The third-order valence-corrected chi connectivity index (χ3v) is 4.63. The van der Waals surface area contributed by atoms with Gasteiger partial charge in [0.05, 0.1) is 12.1 Å². The molecule has 0 saturated carbocycles. The van der Waals surface area contributed by atoms with Gasteiger partial charge in [-0.1, -0.05) is 30.3 Å². The lowest BCUT2D eigenvalue weighted by Gasteiger charge is -2.23. The van der Waals surface area contributed by atoms with Crippen LogP contribution in [-0.2, 0) is 17.6 Å². The minimum Gasteiger partial charge on any atom is -0.481 e. The summed E-state index contributed by atoms with van der Waals surface area (Å²) < 4.78 is 2.11. The van der Waals surface area contributed by atoms with Gasteiger partial charge in [-0.15, -0.1) is 0 Å². The lowest BCUT2D eigenvalue weighted by atomic mass is 9.82. The van der Waals surface area contributed by atoms with Gasteiger partial charge in [-0.05, 0) is 44.6 Å². The van der Waals surface area contributed by atoms with Crippen molar-refractivity contribution < 1.29 is 9.90 Å². The number of hydrogen-bond acceptors (Lipinski definition) is 2. The number of carbonyl (C=O) groups is 1. The number of fused-ring (bicyclic) bond motifs is 1. The molecule has 3 rings (SSSR count). The molecule has 2 aromatic rings. The van der Waals surface area contributed by atoms with E-state index in [4.69, 9.17) is 5.10 Å². The quantitative estimate of drug-likeness (QED) is 0.909. The number of hydrogen-bond donors (Lipinski definition) is 1. The van der Waals surface area contributed by atoms with Gasteiger partial charge in [-0.25, -0.2) is 0 Å². The van der Waals surface area contributed by atoms with Crippen LogP contribution >= 0.6 is 0 Å². The van der Waals surface area contributed by atoms with Gasteiger partial charge in [-0.2, -0.15) is 5.10 Å². The lowest BCUT2D eigenvalue weighted by Crippen LogP contribution is -2.16. The molecule has 0 radical (unpaired) electrons. The number of aliphatic carboxylic acids is 1. The normalized spacial score (nSPS) is 17.3. The first kappa shape index (κ1) is 15.8. The van der Waals surface area contributed by atoms with Crippen molar-refractivity contribution in [3.63, 3.8) is 0 Å². The van der Waals surface area contributed by atoms with Crippen LogP contribution in [0, 0.1) is 0 Å². The second-order valence-electron chi connectivity index (χ2n) is 6.69. The average Bonchev–Trinajstić information content (AvgIpc) is 2.88. The molecule has 1 aromatic carbocycles. The van der Waals surface area contributed by atoms with Crippen LogP contribution in [0.2, 0.25) is 0 Å². The van der Waals surface area contributed by atoms with E-state index < -0.39 is 5.97 Å². The Morgan fingerprint density at radius 2 is 2.09 bits per heavy atom. The molecule has 1 unspecified atom stereocenters. The molecule has 0 fully saturated rings. The number of aromatic nitrogens is 2. The average molecular weight is 312 g/mol. The summed E-state index contributed by atoms with van der Waals surface area (Å²) in [6.07, 6.45) is 3.99. The maximum absolute atomic E-state index is 11.3. The van der Waals surface area contributed by atoms with E-state index in [0.29, 0.717) is 6.04 Å². The largest absolute Gasteiger partial charge is 0.481 e. The third-order valence-electron chi connectivity index (χ3n) is 4.63. The van der Waals surface area contributed by atoms with E-state index in [9.17, 15) is 9.90 Å². The summed E-state index contributed by atoms with van der Waals surface area (Å²) in [7, 11) is 0. The minimum atomic E-state index is -0.717. The highest BCUT2D eigenvalue weighted by molar-refractivity contribution is 5.68. The maximum Gasteiger partial charge on any atom is 0.303 e. The van der Waals surface area contributed by atoms with Crippen molar-refractivity contribution in [1.82, 2.24) is 9.78 Å². The molecule has 1 atom stereocenters. The molecule has 1 N–H and O–H groups in total. The van der Waals surface area contributed by atoms with Crippen LogP contribution in [0.4, 0.5) is 0 Å². The number of carboxylic acid groups (broad SMARTS) is 1. The summed E-state index contributed by atoms with van der Waals surface area (Å²) in [5.74, 6) is -0.617. The SMILES string of the molecule is CC(C)n1nc(Cc2ccccc2)c2c1CCCC2CC(=O)O. The van der Waals surface area contributed by atoms with Crippen molar-refractivity contribution in [3.05, 3.63) is 52.8 Å². The lowest BCUT2D eigenvalue weighted by molar-refractivity contribution is -0.137. The topological polar surface area (TPSA) is 55.1 Å². The summed E-state index contributed by atoms with van der Waals surface area (Å²) in [6.45, 7) is 4.28. The zero-order valence-electron chi connectivity index (χ0n) is 13.8. The summed E-state index contributed by atoms with van der Waals surface area (Å²) in [5, 5.41) is 14.1. The standard InChI is InChI=1S/C19H24N2O2/c1-13(2)21-17-10-6-9-15(12-18(22)23)19(17)16(20-21)11-14-7-4-3-5-8-14/h3-5,7-8,13,15H,6,9-12H2,1-2H3,(H,22,23). The molecule has 4 heteroatoms. The first-order valence-corrected chi connectivity index (χ1v) is 8.42. The second-order valence-corrected chi connectivity index (χ2v) is 6.69. The first-order valence-electron chi connectivity index (χ1n) is 8.42. The van der Waals surface area contributed by atoms with Crippen LogP contribution in [0.1, 0.15) is 67.6 Å². The molecule has 1 heterocycles. The van der Waals surface area contributed by atoms with Crippen molar-refractivity contribution in [1.29, 1.82) is 0 Å². The number of carboxylic acids is 1. The van der Waals surface area contributed by atoms with Crippen LogP contribution < -0.4 is 0 Å². The van der Waals surface area contributed by atoms with Crippen LogP contribution in [0.3, 0.4) is 0 Å². The van der Waals surface area contributed by atoms with Gasteiger partial charge in [0.15, 0.2) is 0 Å². The first-order chi connectivity index (χ1) is 11.1. The maximum atomic E-state index is 11.3. The van der Waals surface area contributed by atoms with Crippen LogP contribution in [0.5, 0.6) is 0 Å². The minimum absolute atomic E-state index is 0.0995. The molecule has 23 heavy (non-hydrogen) atoms. The predicted molar refractivity (Wildman–Crippen MR) is 89.8 cm³/mol. The highest BCUT2D eigenvalue weighted by Crippen LogP contribution is 2.38. The van der Waals surface area contributed by atoms with E-state index in [-0.39, 0.29) is 12.3 Å². The predicted octanol–water partition coefficient (Wildman–Crippen LogP) is 3.95. The van der Waals surface area contributed by atoms with Crippen molar-refractivity contribution in [2.24, 2.45) is 0 Å². The van der Waals surface area contributed by atoms with E-state index in [2.05, 4.69) is 30.7 Å².